The Hall–Kier alpha value is -0.970. The second-order valence-corrected chi connectivity index (χ2v) is 5.46. The maximum atomic E-state index is 11.2. The third-order valence-electron chi connectivity index (χ3n) is 1.91. The molecule has 4 nitrogen and oxygen atoms in total. The van der Waals surface area contributed by atoms with Gasteiger partial charge in [0.15, 0.2) is 0 Å². The van der Waals surface area contributed by atoms with E-state index in [1.165, 1.54) is 12.1 Å². The van der Waals surface area contributed by atoms with Gasteiger partial charge in [0.05, 0.1) is 5.56 Å². The van der Waals surface area contributed by atoms with Crippen molar-refractivity contribution in [1.29, 1.82) is 0 Å². The number of aromatic carboxylic acids is 1. The van der Waals surface area contributed by atoms with E-state index in [1.807, 2.05) is 0 Å². The first-order valence-corrected chi connectivity index (χ1v) is 5.61. The van der Waals surface area contributed by atoms with E-state index in [1.54, 1.807) is 12.1 Å². The van der Waals surface area contributed by atoms with Crippen LogP contribution in [0.25, 0.3) is 0 Å². The maximum Gasteiger partial charge on any atom is 0.335 e. The molecule has 0 aromatic heterocycles. The fourth-order valence-electron chi connectivity index (χ4n) is 1.05. The van der Waals surface area contributed by atoms with Crippen LogP contribution in [0, 0.1) is 0 Å². The zero-order valence-corrected chi connectivity index (χ0v) is 10.7. The molecule has 0 unspecified atom stereocenters. The van der Waals surface area contributed by atoms with Gasteiger partial charge in [-0.05, 0) is 17.7 Å². The third-order valence-corrected chi connectivity index (χ3v) is 2.43. The average Bonchev–Trinajstić information content (AvgIpc) is 2.25. The van der Waals surface area contributed by atoms with Gasteiger partial charge in [0.1, 0.15) is 0 Å². The Balaban J connectivity index is 2.59. The maximum absolute atomic E-state index is 11.2. The molecule has 0 heterocycles. The molecule has 0 fully saturated rings. The normalized spacial score (nSPS) is 11.0. The number of hydrogen-bond acceptors (Lipinski definition) is 2. The van der Waals surface area contributed by atoms with Crippen molar-refractivity contribution in [3.05, 3.63) is 35.4 Å². The molecule has 2 N–H and O–H groups in total. The van der Waals surface area contributed by atoms with Crippen molar-refractivity contribution in [2.45, 2.75) is 10.3 Å². The van der Waals surface area contributed by atoms with Crippen molar-refractivity contribution in [1.82, 2.24) is 5.32 Å². The van der Waals surface area contributed by atoms with Crippen LogP contribution in [-0.2, 0) is 11.3 Å². The first-order chi connectivity index (χ1) is 7.80. The molecule has 0 aliphatic carbocycles. The highest BCUT2D eigenvalue weighted by Crippen LogP contribution is 2.25. The summed E-state index contributed by atoms with van der Waals surface area (Å²) < 4.78 is -2.00. The van der Waals surface area contributed by atoms with E-state index in [2.05, 4.69) is 5.32 Å². The Morgan fingerprint density at radius 2 is 1.71 bits per heavy atom. The van der Waals surface area contributed by atoms with E-state index in [4.69, 9.17) is 39.9 Å². The smallest absolute Gasteiger partial charge is 0.335 e. The van der Waals surface area contributed by atoms with Gasteiger partial charge in [-0.3, -0.25) is 4.79 Å². The summed E-state index contributed by atoms with van der Waals surface area (Å²) in [4.78, 5) is 21.8. The Morgan fingerprint density at radius 3 is 2.12 bits per heavy atom. The molecule has 0 saturated carbocycles. The number of carboxylic acid groups (broad SMARTS) is 1. The molecule has 0 atom stereocenters. The van der Waals surface area contributed by atoms with Gasteiger partial charge < -0.3 is 10.4 Å². The predicted molar refractivity (Wildman–Crippen MR) is 65.5 cm³/mol. The Bertz CT molecular complexity index is 425. The zero-order valence-electron chi connectivity index (χ0n) is 8.41. The molecule has 0 aliphatic rings. The van der Waals surface area contributed by atoms with Crippen molar-refractivity contribution < 1.29 is 14.7 Å². The molecule has 0 bridgehead atoms. The van der Waals surface area contributed by atoms with E-state index >= 15 is 0 Å². The highest BCUT2D eigenvalue weighted by atomic mass is 35.6. The molecule has 17 heavy (non-hydrogen) atoms. The number of carboxylic acids is 1. The minimum absolute atomic E-state index is 0.159. The fourth-order valence-corrected chi connectivity index (χ4v) is 1.25. The van der Waals surface area contributed by atoms with Crippen molar-refractivity contribution in [3.63, 3.8) is 0 Å². The molecule has 0 aliphatic heterocycles. The second-order valence-electron chi connectivity index (χ2n) is 3.18. The van der Waals surface area contributed by atoms with E-state index in [0.29, 0.717) is 5.56 Å². The van der Waals surface area contributed by atoms with Gasteiger partial charge in [0.25, 0.3) is 9.70 Å². The van der Waals surface area contributed by atoms with Gasteiger partial charge >= 0.3 is 5.97 Å². The second kappa shape index (κ2) is 5.58. The fraction of sp³-hybridized carbons (Fsp3) is 0.200. The van der Waals surface area contributed by atoms with Gasteiger partial charge in [-0.2, -0.15) is 0 Å². The van der Waals surface area contributed by atoms with Crippen molar-refractivity contribution in [2.24, 2.45) is 0 Å². The zero-order chi connectivity index (χ0) is 13.1. The van der Waals surface area contributed by atoms with Gasteiger partial charge in [0, 0.05) is 6.54 Å². The van der Waals surface area contributed by atoms with Crippen LogP contribution >= 0.6 is 34.8 Å². The number of halogens is 3. The Kier molecular flexibility index (Phi) is 4.62. The van der Waals surface area contributed by atoms with Crippen molar-refractivity contribution in [3.8, 4) is 0 Å². The topological polar surface area (TPSA) is 66.4 Å². The standard InChI is InChI=1S/C10H8Cl3NO3/c11-10(12,13)9(17)14-5-6-1-3-7(4-2-6)8(15)16/h1-4H,5H2,(H,14,17)(H,15,16). The molecule has 1 aromatic rings. The van der Waals surface area contributed by atoms with Crippen LogP contribution in [0.1, 0.15) is 15.9 Å². The summed E-state index contributed by atoms with van der Waals surface area (Å²) in [6, 6.07) is 6.00. The van der Waals surface area contributed by atoms with Gasteiger partial charge in [0.2, 0.25) is 0 Å². The number of carbonyl (C=O) groups excluding carboxylic acids is 1. The minimum atomic E-state index is -2.00. The lowest BCUT2D eigenvalue weighted by Gasteiger charge is -2.11. The number of rotatable bonds is 3. The van der Waals surface area contributed by atoms with Crippen LogP contribution < -0.4 is 5.32 Å². The summed E-state index contributed by atoms with van der Waals surface area (Å²) in [7, 11) is 0. The summed E-state index contributed by atoms with van der Waals surface area (Å²) in [5.41, 5.74) is 0.874. The van der Waals surface area contributed by atoms with Crippen molar-refractivity contribution >= 4 is 46.7 Å². The van der Waals surface area contributed by atoms with Crippen LogP contribution in [0.15, 0.2) is 24.3 Å². The summed E-state index contributed by atoms with van der Waals surface area (Å²) in [6.07, 6.45) is 0. The molecule has 92 valence electrons. The SMILES string of the molecule is O=C(O)c1ccc(CNC(=O)C(Cl)(Cl)Cl)cc1. The molecule has 0 radical (unpaired) electrons. The third kappa shape index (κ3) is 4.42. The number of nitrogens with one attached hydrogen (secondary N) is 1. The summed E-state index contributed by atoms with van der Waals surface area (Å²) in [6.45, 7) is 0.159. The predicted octanol–water partition coefficient (Wildman–Crippen LogP) is 2.37. The molecule has 1 amide bonds. The first kappa shape index (κ1) is 14.1. The molecule has 7 heteroatoms. The monoisotopic (exact) mass is 295 g/mol. The number of carbonyl (C=O) groups is 2. The van der Waals surface area contributed by atoms with E-state index in [0.717, 1.165) is 0 Å². The van der Waals surface area contributed by atoms with Crippen molar-refractivity contribution in [2.75, 3.05) is 0 Å². The average molecular weight is 297 g/mol. The highest BCUT2D eigenvalue weighted by Gasteiger charge is 2.29. The van der Waals surface area contributed by atoms with Crippen LogP contribution in [0.3, 0.4) is 0 Å². The van der Waals surface area contributed by atoms with Gasteiger partial charge in [-0.15, -0.1) is 0 Å². The molecular weight excluding hydrogens is 288 g/mol. The summed E-state index contributed by atoms with van der Waals surface area (Å²) >= 11 is 16.1. The summed E-state index contributed by atoms with van der Waals surface area (Å²) in [5, 5.41) is 11.1. The quantitative estimate of drug-likeness (QED) is 0.842. The number of alkyl halides is 3. The summed E-state index contributed by atoms with van der Waals surface area (Å²) in [5.74, 6) is -1.74. The van der Waals surface area contributed by atoms with Gasteiger partial charge in [-0.1, -0.05) is 46.9 Å². The lowest BCUT2D eigenvalue weighted by Crippen LogP contribution is -2.33. The number of benzene rings is 1. The van der Waals surface area contributed by atoms with Gasteiger partial charge in [-0.25, -0.2) is 4.79 Å². The largest absolute Gasteiger partial charge is 0.478 e. The van der Waals surface area contributed by atoms with E-state index < -0.39 is 15.7 Å². The molecule has 0 saturated heterocycles. The minimum Gasteiger partial charge on any atom is -0.478 e. The van der Waals surface area contributed by atoms with Crippen LogP contribution in [0.2, 0.25) is 0 Å². The number of hydrogen-bond donors (Lipinski definition) is 2. The molecular formula is C10H8Cl3NO3. The first-order valence-electron chi connectivity index (χ1n) is 4.48. The lowest BCUT2D eigenvalue weighted by molar-refractivity contribution is -0.120. The molecule has 1 rings (SSSR count). The van der Waals surface area contributed by atoms with E-state index in [9.17, 15) is 9.59 Å². The van der Waals surface area contributed by atoms with Crippen LogP contribution in [0.5, 0.6) is 0 Å². The van der Waals surface area contributed by atoms with E-state index in [-0.39, 0.29) is 12.1 Å². The Labute approximate surface area is 112 Å². The van der Waals surface area contributed by atoms with Crippen LogP contribution in [-0.4, -0.2) is 20.8 Å². The molecule has 1 aromatic carbocycles. The lowest BCUT2D eigenvalue weighted by atomic mass is 10.1. The number of amides is 1. The molecule has 0 spiro atoms. The van der Waals surface area contributed by atoms with Crippen LogP contribution in [0.4, 0.5) is 0 Å². The Morgan fingerprint density at radius 1 is 1.18 bits per heavy atom. The highest BCUT2D eigenvalue weighted by molar-refractivity contribution is 6.76.